The Morgan fingerprint density at radius 1 is 1.06 bits per heavy atom. The van der Waals surface area contributed by atoms with Gasteiger partial charge in [-0.25, -0.2) is 13.8 Å². The van der Waals surface area contributed by atoms with Gasteiger partial charge in [-0.05, 0) is 48.0 Å². The minimum atomic E-state index is -3.74. The summed E-state index contributed by atoms with van der Waals surface area (Å²) in [6, 6.07) is 21.1. The van der Waals surface area contributed by atoms with Crippen molar-refractivity contribution in [1.29, 1.82) is 0 Å². The molecule has 0 aliphatic carbocycles. The smallest absolute Gasteiger partial charge is 0.260 e. The highest BCUT2D eigenvalue weighted by Gasteiger charge is 2.23. The minimum absolute atomic E-state index is 0.263. The molecule has 0 atom stereocenters. The van der Waals surface area contributed by atoms with Gasteiger partial charge in [0.1, 0.15) is 24.7 Å². The van der Waals surface area contributed by atoms with Crippen LogP contribution in [-0.2, 0) is 21.4 Å². The molecule has 1 amide bonds. The molecule has 0 aliphatic heterocycles. The molecule has 0 aromatic heterocycles. The number of hydrogen-bond acceptors (Lipinski definition) is 6. The maximum Gasteiger partial charge on any atom is 0.260 e. The molecule has 10 heteroatoms. The lowest BCUT2D eigenvalue weighted by molar-refractivity contribution is -0.119. The fraction of sp³-hybridized carbons (Fsp3) is 0.167. The minimum Gasteiger partial charge on any atom is -0.495 e. The molecule has 0 bridgehead atoms. The van der Waals surface area contributed by atoms with Gasteiger partial charge in [-0.2, -0.15) is 5.10 Å². The van der Waals surface area contributed by atoms with Gasteiger partial charge in [-0.1, -0.05) is 41.9 Å². The summed E-state index contributed by atoms with van der Waals surface area (Å²) in [4.78, 5) is 12.4. The number of hydrogen-bond donors (Lipinski definition) is 1. The first-order valence-corrected chi connectivity index (χ1v) is 12.4. The highest BCUT2D eigenvalue weighted by Crippen LogP contribution is 2.29. The molecule has 0 spiro atoms. The van der Waals surface area contributed by atoms with Crippen LogP contribution in [0.15, 0.2) is 77.9 Å². The predicted octanol–water partition coefficient (Wildman–Crippen LogP) is 3.84. The molecule has 0 fully saturated rings. The van der Waals surface area contributed by atoms with Crippen LogP contribution in [0.3, 0.4) is 0 Å². The number of carbonyl (C=O) groups excluding carboxylic acids is 1. The number of anilines is 1. The van der Waals surface area contributed by atoms with Crippen molar-refractivity contribution in [3.05, 3.63) is 88.9 Å². The lowest BCUT2D eigenvalue weighted by Gasteiger charge is -2.23. The summed E-state index contributed by atoms with van der Waals surface area (Å²) in [7, 11) is -2.31. The number of hydrazone groups is 1. The first kappa shape index (κ1) is 25.1. The van der Waals surface area contributed by atoms with Crippen molar-refractivity contribution < 1.29 is 22.7 Å². The number of amides is 1. The molecule has 178 valence electrons. The van der Waals surface area contributed by atoms with Crippen LogP contribution in [0, 0.1) is 0 Å². The van der Waals surface area contributed by atoms with E-state index in [1.54, 1.807) is 54.6 Å². The Morgan fingerprint density at radius 3 is 2.41 bits per heavy atom. The molecule has 3 aromatic rings. The standard InChI is InChI=1S/C24H24ClN3O5S/c1-32-23-10-6-5-9-22(23)28(34(2,30)31)16-24(29)27-26-15-18-11-13-20(14-12-18)33-17-19-7-3-4-8-21(19)25/h3-15H,16-17H2,1-2H3,(H,27,29)/b26-15+. The van der Waals surface area contributed by atoms with Crippen LogP contribution in [0.5, 0.6) is 11.5 Å². The second-order valence-electron chi connectivity index (χ2n) is 7.18. The Balaban J connectivity index is 1.57. The Kier molecular flexibility index (Phi) is 8.50. The van der Waals surface area contributed by atoms with E-state index >= 15 is 0 Å². The molecular formula is C24H24ClN3O5S. The molecule has 0 aliphatic rings. The van der Waals surface area contributed by atoms with Crippen molar-refractivity contribution in [3.8, 4) is 11.5 Å². The zero-order valence-corrected chi connectivity index (χ0v) is 20.2. The third-order valence-electron chi connectivity index (χ3n) is 4.68. The van der Waals surface area contributed by atoms with Gasteiger partial charge in [0.25, 0.3) is 5.91 Å². The third kappa shape index (κ3) is 6.97. The summed E-state index contributed by atoms with van der Waals surface area (Å²) in [5.41, 5.74) is 4.21. The molecule has 0 saturated heterocycles. The third-order valence-corrected chi connectivity index (χ3v) is 6.17. The quantitative estimate of drug-likeness (QED) is 0.336. The number of para-hydroxylation sites is 2. The van der Waals surface area contributed by atoms with Crippen molar-refractivity contribution in [2.24, 2.45) is 5.10 Å². The molecular weight excluding hydrogens is 478 g/mol. The van der Waals surface area contributed by atoms with E-state index in [1.165, 1.54) is 13.3 Å². The van der Waals surface area contributed by atoms with E-state index in [0.717, 1.165) is 21.7 Å². The van der Waals surface area contributed by atoms with E-state index in [2.05, 4.69) is 10.5 Å². The Labute approximate surface area is 203 Å². The van der Waals surface area contributed by atoms with E-state index in [0.29, 0.717) is 23.1 Å². The highest BCUT2D eigenvalue weighted by atomic mass is 35.5. The lowest BCUT2D eigenvalue weighted by Crippen LogP contribution is -2.39. The fourth-order valence-electron chi connectivity index (χ4n) is 2.99. The number of rotatable bonds is 10. The number of methoxy groups -OCH3 is 1. The van der Waals surface area contributed by atoms with E-state index < -0.39 is 22.5 Å². The fourth-order valence-corrected chi connectivity index (χ4v) is 4.04. The number of ether oxygens (including phenoxy) is 2. The first-order chi connectivity index (χ1) is 16.3. The predicted molar refractivity (Wildman–Crippen MR) is 133 cm³/mol. The van der Waals surface area contributed by atoms with Gasteiger partial charge >= 0.3 is 0 Å². The number of sulfonamides is 1. The second kappa shape index (κ2) is 11.5. The Hall–Kier alpha value is -3.56. The number of benzene rings is 3. The summed E-state index contributed by atoms with van der Waals surface area (Å²) >= 11 is 6.13. The number of nitrogens with one attached hydrogen (secondary N) is 1. The normalized spacial score (nSPS) is 11.3. The maximum absolute atomic E-state index is 12.4. The van der Waals surface area contributed by atoms with Crippen LogP contribution < -0.4 is 19.2 Å². The molecule has 3 aromatic carbocycles. The molecule has 8 nitrogen and oxygen atoms in total. The molecule has 0 radical (unpaired) electrons. The van der Waals surface area contributed by atoms with E-state index in [1.807, 2.05) is 18.2 Å². The van der Waals surface area contributed by atoms with E-state index in [4.69, 9.17) is 21.1 Å². The van der Waals surface area contributed by atoms with Crippen LogP contribution in [0.1, 0.15) is 11.1 Å². The molecule has 0 heterocycles. The summed E-state index contributed by atoms with van der Waals surface area (Å²) in [5, 5.41) is 4.55. The molecule has 0 unspecified atom stereocenters. The molecule has 1 N–H and O–H groups in total. The van der Waals surface area contributed by atoms with Gasteiger partial charge in [0.15, 0.2) is 0 Å². The van der Waals surface area contributed by atoms with Gasteiger partial charge in [-0.15, -0.1) is 0 Å². The number of nitrogens with zero attached hydrogens (tertiary/aromatic N) is 2. The summed E-state index contributed by atoms with van der Waals surface area (Å²) in [6.45, 7) is -0.114. The summed E-state index contributed by atoms with van der Waals surface area (Å²) in [6.07, 6.45) is 2.47. The van der Waals surface area contributed by atoms with Crippen LogP contribution in [0.2, 0.25) is 5.02 Å². The molecule has 3 rings (SSSR count). The summed E-state index contributed by atoms with van der Waals surface area (Å²) in [5.74, 6) is 0.384. The van der Waals surface area contributed by atoms with Gasteiger partial charge in [0.05, 0.1) is 25.3 Å². The van der Waals surface area contributed by atoms with E-state index in [-0.39, 0.29) is 5.69 Å². The summed E-state index contributed by atoms with van der Waals surface area (Å²) < 4.78 is 36.4. The number of carbonyl (C=O) groups is 1. The van der Waals surface area contributed by atoms with Crippen LogP contribution in [0.25, 0.3) is 0 Å². The average Bonchev–Trinajstić information content (AvgIpc) is 2.82. The van der Waals surface area contributed by atoms with Crippen molar-refractivity contribution in [2.45, 2.75) is 6.61 Å². The maximum atomic E-state index is 12.4. The topological polar surface area (TPSA) is 97.3 Å². The van der Waals surface area contributed by atoms with Gasteiger partial charge < -0.3 is 9.47 Å². The first-order valence-electron chi connectivity index (χ1n) is 10.2. The monoisotopic (exact) mass is 501 g/mol. The second-order valence-corrected chi connectivity index (χ2v) is 9.50. The van der Waals surface area contributed by atoms with Gasteiger partial charge in [-0.3, -0.25) is 9.10 Å². The van der Waals surface area contributed by atoms with Crippen molar-refractivity contribution in [3.63, 3.8) is 0 Å². The SMILES string of the molecule is COc1ccccc1N(CC(=O)N/N=C/c1ccc(OCc2ccccc2Cl)cc1)S(C)(=O)=O. The lowest BCUT2D eigenvalue weighted by atomic mass is 10.2. The van der Waals surface area contributed by atoms with Crippen molar-refractivity contribution in [2.75, 3.05) is 24.2 Å². The van der Waals surface area contributed by atoms with Crippen molar-refractivity contribution in [1.82, 2.24) is 5.43 Å². The van der Waals surface area contributed by atoms with Crippen molar-refractivity contribution >= 4 is 39.4 Å². The largest absolute Gasteiger partial charge is 0.495 e. The number of halogens is 1. The zero-order chi connectivity index (χ0) is 24.6. The zero-order valence-electron chi connectivity index (χ0n) is 18.6. The van der Waals surface area contributed by atoms with Gasteiger partial charge in [0.2, 0.25) is 10.0 Å². The molecule has 0 saturated carbocycles. The average molecular weight is 502 g/mol. The Morgan fingerprint density at radius 2 is 1.74 bits per heavy atom. The highest BCUT2D eigenvalue weighted by molar-refractivity contribution is 7.92. The Bertz CT molecular complexity index is 1260. The van der Waals surface area contributed by atoms with Crippen LogP contribution in [-0.4, -0.2) is 40.4 Å². The van der Waals surface area contributed by atoms with E-state index in [9.17, 15) is 13.2 Å². The van der Waals surface area contributed by atoms with Crippen LogP contribution >= 0.6 is 11.6 Å². The molecule has 34 heavy (non-hydrogen) atoms. The van der Waals surface area contributed by atoms with Gasteiger partial charge in [0, 0.05) is 10.6 Å². The van der Waals surface area contributed by atoms with Crippen LogP contribution in [0.4, 0.5) is 5.69 Å².